The van der Waals surface area contributed by atoms with Crippen molar-refractivity contribution in [3.8, 4) is 22.8 Å². The zero-order valence-electron chi connectivity index (χ0n) is 19.7. The molecule has 1 aliphatic rings. The zero-order valence-corrected chi connectivity index (χ0v) is 19.7. The van der Waals surface area contributed by atoms with Gasteiger partial charge in [-0.2, -0.15) is 0 Å². The average Bonchev–Trinajstić information content (AvgIpc) is 2.85. The SMILES string of the molecule is COc1ccc(-c2cc(C(=O)OCC(=O)N3CC(C)OC(C)C3)c3ccccc3n2)cc1OC. The van der Waals surface area contributed by atoms with Crippen molar-refractivity contribution in [2.24, 2.45) is 0 Å². The maximum absolute atomic E-state index is 13.1. The number of pyridine rings is 1. The van der Waals surface area contributed by atoms with Gasteiger partial charge < -0.3 is 23.8 Å². The zero-order chi connectivity index (χ0) is 24.2. The molecule has 3 aromatic rings. The van der Waals surface area contributed by atoms with E-state index in [-0.39, 0.29) is 24.7 Å². The van der Waals surface area contributed by atoms with Gasteiger partial charge in [0.1, 0.15) is 0 Å². The maximum atomic E-state index is 13.1. The van der Waals surface area contributed by atoms with Gasteiger partial charge in [0.2, 0.25) is 0 Å². The highest BCUT2D eigenvalue weighted by atomic mass is 16.5. The molecule has 8 heteroatoms. The van der Waals surface area contributed by atoms with Crippen LogP contribution in [0.15, 0.2) is 48.5 Å². The minimum atomic E-state index is -0.581. The molecular formula is C26H28N2O6. The second-order valence-corrected chi connectivity index (χ2v) is 8.27. The lowest BCUT2D eigenvalue weighted by Crippen LogP contribution is -2.49. The van der Waals surface area contributed by atoms with E-state index in [4.69, 9.17) is 23.9 Å². The van der Waals surface area contributed by atoms with Gasteiger partial charge in [0.15, 0.2) is 18.1 Å². The second-order valence-electron chi connectivity index (χ2n) is 8.27. The van der Waals surface area contributed by atoms with Gasteiger partial charge in [0, 0.05) is 24.0 Å². The molecule has 4 rings (SSSR count). The van der Waals surface area contributed by atoms with E-state index in [0.717, 1.165) is 5.56 Å². The lowest BCUT2D eigenvalue weighted by Gasteiger charge is -2.35. The summed E-state index contributed by atoms with van der Waals surface area (Å²) in [6.07, 6.45) is -0.117. The number of aromatic nitrogens is 1. The summed E-state index contributed by atoms with van der Waals surface area (Å²) in [4.78, 5) is 32.1. The number of carbonyl (C=O) groups excluding carboxylic acids is 2. The molecule has 8 nitrogen and oxygen atoms in total. The summed E-state index contributed by atoms with van der Waals surface area (Å²) < 4.78 is 21.8. The Kier molecular flexibility index (Phi) is 6.98. The van der Waals surface area contributed by atoms with E-state index in [2.05, 4.69) is 0 Å². The minimum Gasteiger partial charge on any atom is -0.493 e. The van der Waals surface area contributed by atoms with E-state index in [1.54, 1.807) is 37.3 Å². The number of para-hydroxylation sites is 1. The first kappa shape index (κ1) is 23.5. The number of fused-ring (bicyclic) bond motifs is 1. The Balaban J connectivity index is 1.60. The van der Waals surface area contributed by atoms with Crippen molar-refractivity contribution in [1.29, 1.82) is 0 Å². The summed E-state index contributed by atoms with van der Waals surface area (Å²) in [5.41, 5.74) is 2.31. The minimum absolute atomic E-state index is 0.0587. The average molecular weight is 465 g/mol. The molecular weight excluding hydrogens is 436 g/mol. The van der Waals surface area contributed by atoms with Gasteiger partial charge in [-0.1, -0.05) is 18.2 Å². The molecule has 0 radical (unpaired) electrons. The van der Waals surface area contributed by atoms with Crippen LogP contribution in [0.2, 0.25) is 0 Å². The second kappa shape index (κ2) is 10.1. The van der Waals surface area contributed by atoms with Crippen LogP contribution in [0.3, 0.4) is 0 Å². The van der Waals surface area contributed by atoms with E-state index < -0.39 is 5.97 Å². The Labute approximate surface area is 198 Å². The number of hydrogen-bond acceptors (Lipinski definition) is 7. The van der Waals surface area contributed by atoms with Crippen LogP contribution in [0.1, 0.15) is 24.2 Å². The van der Waals surface area contributed by atoms with Crippen LogP contribution in [0.5, 0.6) is 11.5 Å². The topological polar surface area (TPSA) is 87.2 Å². The molecule has 0 spiro atoms. The number of morpholine rings is 1. The van der Waals surface area contributed by atoms with E-state index in [1.807, 2.05) is 44.2 Å². The molecule has 178 valence electrons. The molecule has 1 aliphatic heterocycles. The third kappa shape index (κ3) is 4.97. The first-order chi connectivity index (χ1) is 16.4. The Bertz CT molecular complexity index is 1200. The standard InChI is InChI=1S/C26H28N2O6/c1-16-13-28(14-17(2)34-16)25(29)15-33-26(30)20-12-22(27-21-8-6-5-7-19(20)21)18-9-10-23(31-3)24(11-18)32-4/h5-12,16-17H,13-15H2,1-4H3. The molecule has 1 saturated heterocycles. The molecule has 34 heavy (non-hydrogen) atoms. The van der Waals surface area contributed by atoms with Crippen molar-refractivity contribution in [2.75, 3.05) is 33.9 Å². The Morgan fingerprint density at radius 3 is 2.41 bits per heavy atom. The van der Waals surface area contributed by atoms with Gasteiger partial charge in [-0.3, -0.25) is 4.79 Å². The van der Waals surface area contributed by atoms with Crippen molar-refractivity contribution in [3.63, 3.8) is 0 Å². The summed E-state index contributed by atoms with van der Waals surface area (Å²) in [6.45, 7) is 4.45. The summed E-state index contributed by atoms with van der Waals surface area (Å²) >= 11 is 0. The molecule has 2 aromatic carbocycles. The van der Waals surface area contributed by atoms with Gasteiger partial charge in [0.05, 0.1) is 43.2 Å². The van der Waals surface area contributed by atoms with Gasteiger partial charge in [-0.15, -0.1) is 0 Å². The lowest BCUT2D eigenvalue weighted by molar-refractivity contribution is -0.146. The van der Waals surface area contributed by atoms with Gasteiger partial charge >= 0.3 is 5.97 Å². The molecule has 2 heterocycles. The molecule has 0 aliphatic carbocycles. The molecule has 2 atom stereocenters. The van der Waals surface area contributed by atoms with Crippen LogP contribution in [0, 0.1) is 0 Å². The van der Waals surface area contributed by atoms with Gasteiger partial charge in [0.25, 0.3) is 5.91 Å². The smallest absolute Gasteiger partial charge is 0.339 e. The van der Waals surface area contributed by atoms with Crippen molar-refractivity contribution in [2.45, 2.75) is 26.1 Å². The number of benzene rings is 2. The molecule has 1 amide bonds. The van der Waals surface area contributed by atoms with E-state index in [9.17, 15) is 9.59 Å². The van der Waals surface area contributed by atoms with Gasteiger partial charge in [-0.05, 0) is 44.2 Å². The fourth-order valence-corrected chi connectivity index (χ4v) is 4.17. The fourth-order valence-electron chi connectivity index (χ4n) is 4.17. The number of nitrogens with zero attached hydrogens (tertiary/aromatic N) is 2. The Hall–Kier alpha value is -3.65. The summed E-state index contributed by atoms with van der Waals surface area (Å²) in [7, 11) is 3.13. The highest BCUT2D eigenvalue weighted by Crippen LogP contribution is 2.33. The maximum Gasteiger partial charge on any atom is 0.339 e. The van der Waals surface area contributed by atoms with Crippen LogP contribution < -0.4 is 9.47 Å². The molecule has 0 N–H and O–H groups in total. The van der Waals surface area contributed by atoms with Gasteiger partial charge in [-0.25, -0.2) is 9.78 Å². The number of amides is 1. The normalized spacial score (nSPS) is 17.9. The van der Waals surface area contributed by atoms with Crippen LogP contribution in [0.4, 0.5) is 0 Å². The fraction of sp³-hybridized carbons (Fsp3) is 0.346. The summed E-state index contributed by atoms with van der Waals surface area (Å²) in [6, 6.07) is 14.4. The Morgan fingerprint density at radius 2 is 1.71 bits per heavy atom. The van der Waals surface area contributed by atoms with Crippen LogP contribution in [-0.2, 0) is 14.3 Å². The summed E-state index contributed by atoms with van der Waals surface area (Å²) in [5.74, 6) is 0.326. The number of rotatable bonds is 6. The summed E-state index contributed by atoms with van der Waals surface area (Å²) in [5, 5.41) is 0.651. The van der Waals surface area contributed by atoms with Crippen LogP contribution in [0.25, 0.3) is 22.2 Å². The van der Waals surface area contributed by atoms with Crippen molar-refractivity contribution < 1.29 is 28.5 Å². The van der Waals surface area contributed by atoms with Crippen molar-refractivity contribution in [3.05, 3.63) is 54.1 Å². The molecule has 0 saturated carbocycles. The number of methoxy groups -OCH3 is 2. The lowest BCUT2D eigenvalue weighted by atomic mass is 10.0. The highest BCUT2D eigenvalue weighted by Gasteiger charge is 2.27. The van der Waals surface area contributed by atoms with Crippen molar-refractivity contribution >= 4 is 22.8 Å². The van der Waals surface area contributed by atoms with Crippen LogP contribution in [-0.4, -0.2) is 67.9 Å². The molecule has 1 aromatic heterocycles. The quantitative estimate of drug-likeness (QED) is 0.514. The van der Waals surface area contributed by atoms with E-state index in [1.165, 1.54) is 0 Å². The predicted octanol–water partition coefficient (Wildman–Crippen LogP) is 3.71. The van der Waals surface area contributed by atoms with E-state index in [0.29, 0.717) is 46.7 Å². The molecule has 0 bridgehead atoms. The molecule has 1 fully saturated rings. The number of esters is 1. The third-order valence-corrected chi connectivity index (χ3v) is 5.71. The first-order valence-electron chi connectivity index (χ1n) is 11.1. The molecule has 2 unspecified atom stereocenters. The third-order valence-electron chi connectivity index (χ3n) is 5.71. The van der Waals surface area contributed by atoms with Crippen molar-refractivity contribution in [1.82, 2.24) is 9.88 Å². The number of ether oxygens (including phenoxy) is 4. The predicted molar refractivity (Wildman–Crippen MR) is 127 cm³/mol. The largest absolute Gasteiger partial charge is 0.493 e. The first-order valence-corrected chi connectivity index (χ1v) is 11.1. The number of hydrogen-bond donors (Lipinski definition) is 0. The Morgan fingerprint density at radius 1 is 1.00 bits per heavy atom. The van der Waals surface area contributed by atoms with Crippen LogP contribution >= 0.6 is 0 Å². The monoisotopic (exact) mass is 464 g/mol. The number of carbonyl (C=O) groups is 2. The van der Waals surface area contributed by atoms with E-state index >= 15 is 0 Å². The highest BCUT2D eigenvalue weighted by molar-refractivity contribution is 6.05.